The van der Waals surface area contributed by atoms with E-state index in [0.29, 0.717) is 11.5 Å². The summed E-state index contributed by atoms with van der Waals surface area (Å²) in [4.78, 5) is 0. The van der Waals surface area contributed by atoms with Crippen molar-refractivity contribution < 1.29 is 0 Å². The van der Waals surface area contributed by atoms with Gasteiger partial charge >= 0.3 is 0 Å². The van der Waals surface area contributed by atoms with Gasteiger partial charge in [-0.2, -0.15) is 0 Å². The fourth-order valence-electron chi connectivity index (χ4n) is 3.28. The van der Waals surface area contributed by atoms with E-state index in [0.717, 1.165) is 11.8 Å². The van der Waals surface area contributed by atoms with E-state index in [2.05, 4.69) is 13.8 Å². The van der Waals surface area contributed by atoms with Gasteiger partial charge in [0.05, 0.1) is 0 Å². The fourth-order valence-corrected chi connectivity index (χ4v) is 3.28. The van der Waals surface area contributed by atoms with Crippen molar-refractivity contribution in [3.8, 4) is 0 Å². The van der Waals surface area contributed by atoms with Crippen molar-refractivity contribution >= 4 is 0 Å². The first kappa shape index (κ1) is 7.60. The Kier molecular flexibility index (Phi) is 1.54. The van der Waals surface area contributed by atoms with Crippen LogP contribution in [0.3, 0.4) is 0 Å². The molecule has 2 fully saturated rings. The first-order valence-electron chi connectivity index (χ1n) is 4.94. The molecule has 0 aromatic rings. The highest BCUT2D eigenvalue weighted by molar-refractivity contribution is 5.05. The van der Waals surface area contributed by atoms with Gasteiger partial charge in [0, 0.05) is 6.04 Å². The highest BCUT2D eigenvalue weighted by Gasteiger charge is 2.52. The largest absolute Gasteiger partial charge is 0.327 e. The van der Waals surface area contributed by atoms with Gasteiger partial charge in [-0.25, -0.2) is 0 Å². The van der Waals surface area contributed by atoms with Gasteiger partial charge in [-0.05, 0) is 42.9 Å². The van der Waals surface area contributed by atoms with Gasteiger partial charge in [0.1, 0.15) is 0 Å². The van der Waals surface area contributed by atoms with Crippen LogP contribution in [-0.2, 0) is 0 Å². The molecule has 2 rings (SSSR count). The Hall–Kier alpha value is -0.0400. The molecule has 0 spiro atoms. The van der Waals surface area contributed by atoms with E-state index in [1.165, 1.54) is 25.7 Å². The van der Waals surface area contributed by atoms with E-state index in [4.69, 9.17) is 5.73 Å². The molecule has 0 heterocycles. The molecule has 0 unspecified atom stereocenters. The van der Waals surface area contributed by atoms with Crippen LogP contribution in [0.2, 0.25) is 0 Å². The summed E-state index contributed by atoms with van der Waals surface area (Å²) in [6.07, 6.45) is 5.55. The zero-order valence-corrected chi connectivity index (χ0v) is 7.64. The Bertz CT molecular complexity index is 162. The van der Waals surface area contributed by atoms with Crippen molar-refractivity contribution in [2.75, 3.05) is 0 Å². The van der Waals surface area contributed by atoms with Crippen LogP contribution in [0.15, 0.2) is 0 Å². The normalized spacial score (nSPS) is 55.4. The second-order valence-corrected chi connectivity index (χ2v) is 4.66. The molecule has 0 amide bonds. The van der Waals surface area contributed by atoms with Crippen LogP contribution in [0, 0.1) is 17.3 Å². The average molecular weight is 153 g/mol. The van der Waals surface area contributed by atoms with E-state index >= 15 is 0 Å². The van der Waals surface area contributed by atoms with Crippen LogP contribution in [0.4, 0.5) is 0 Å². The van der Waals surface area contributed by atoms with Crippen LogP contribution >= 0.6 is 0 Å². The minimum Gasteiger partial charge on any atom is -0.327 e. The van der Waals surface area contributed by atoms with Crippen molar-refractivity contribution in [2.24, 2.45) is 23.0 Å². The van der Waals surface area contributed by atoms with E-state index in [1.54, 1.807) is 0 Å². The van der Waals surface area contributed by atoms with Crippen LogP contribution in [0.25, 0.3) is 0 Å². The van der Waals surface area contributed by atoms with Gasteiger partial charge in [0.15, 0.2) is 0 Å². The standard InChI is InChI=1S/C10H19N/c1-3-10(2)8-5-4-7(6-8)9(10)11/h7-9H,3-6,11H2,1-2H3/t7-,8+,9-,10-/m1/s1. The Morgan fingerprint density at radius 3 is 2.55 bits per heavy atom. The monoisotopic (exact) mass is 153 g/mol. The highest BCUT2D eigenvalue weighted by atomic mass is 14.8. The van der Waals surface area contributed by atoms with Crippen molar-refractivity contribution in [2.45, 2.75) is 45.6 Å². The van der Waals surface area contributed by atoms with Crippen LogP contribution < -0.4 is 5.73 Å². The maximum absolute atomic E-state index is 6.21. The molecule has 0 saturated heterocycles. The summed E-state index contributed by atoms with van der Waals surface area (Å²) in [6, 6.07) is 0.506. The van der Waals surface area contributed by atoms with Gasteiger partial charge in [0.2, 0.25) is 0 Å². The Morgan fingerprint density at radius 2 is 2.18 bits per heavy atom. The lowest BCUT2D eigenvalue weighted by Crippen LogP contribution is -2.43. The summed E-state index contributed by atoms with van der Waals surface area (Å²) in [5.74, 6) is 1.82. The van der Waals surface area contributed by atoms with Crippen molar-refractivity contribution in [3.05, 3.63) is 0 Å². The second-order valence-electron chi connectivity index (χ2n) is 4.66. The molecular formula is C10H19N. The molecule has 64 valence electrons. The molecule has 2 N–H and O–H groups in total. The van der Waals surface area contributed by atoms with Gasteiger partial charge < -0.3 is 5.73 Å². The van der Waals surface area contributed by atoms with Gasteiger partial charge in [-0.1, -0.05) is 13.8 Å². The lowest BCUT2D eigenvalue weighted by molar-refractivity contribution is 0.149. The third-order valence-electron chi connectivity index (χ3n) is 4.44. The molecule has 0 aromatic heterocycles. The zero-order chi connectivity index (χ0) is 8.06. The molecular weight excluding hydrogens is 134 g/mol. The third-order valence-corrected chi connectivity index (χ3v) is 4.44. The summed E-state index contributed by atoms with van der Waals surface area (Å²) >= 11 is 0. The number of hydrogen-bond donors (Lipinski definition) is 1. The minimum atomic E-state index is 0.489. The predicted octanol–water partition coefficient (Wildman–Crippen LogP) is 2.16. The van der Waals surface area contributed by atoms with Crippen molar-refractivity contribution in [1.82, 2.24) is 0 Å². The molecule has 2 aliphatic rings. The van der Waals surface area contributed by atoms with Gasteiger partial charge in [0.25, 0.3) is 0 Å². The van der Waals surface area contributed by atoms with E-state index in [1.807, 2.05) is 0 Å². The maximum atomic E-state index is 6.21. The smallest absolute Gasteiger partial charge is 0.0124 e. The summed E-state index contributed by atoms with van der Waals surface area (Å²) in [7, 11) is 0. The molecule has 0 aliphatic heterocycles. The predicted molar refractivity (Wildman–Crippen MR) is 47.2 cm³/mol. The SMILES string of the molecule is CC[C@]1(C)[C@H]2CC[C@H](C2)[C@H]1N. The number of fused-ring (bicyclic) bond motifs is 2. The van der Waals surface area contributed by atoms with Gasteiger partial charge in [-0.15, -0.1) is 0 Å². The summed E-state index contributed by atoms with van der Waals surface area (Å²) < 4.78 is 0. The average Bonchev–Trinajstić information content (AvgIpc) is 2.56. The topological polar surface area (TPSA) is 26.0 Å². The third kappa shape index (κ3) is 0.807. The Labute approximate surface area is 69.4 Å². The lowest BCUT2D eigenvalue weighted by atomic mass is 9.70. The fraction of sp³-hybridized carbons (Fsp3) is 1.00. The second kappa shape index (κ2) is 2.22. The molecule has 0 radical (unpaired) electrons. The molecule has 11 heavy (non-hydrogen) atoms. The zero-order valence-electron chi connectivity index (χ0n) is 7.64. The molecule has 0 aromatic carbocycles. The Morgan fingerprint density at radius 1 is 1.45 bits per heavy atom. The van der Waals surface area contributed by atoms with Crippen LogP contribution in [-0.4, -0.2) is 6.04 Å². The highest BCUT2D eigenvalue weighted by Crippen LogP contribution is 2.56. The van der Waals surface area contributed by atoms with Gasteiger partial charge in [-0.3, -0.25) is 0 Å². The summed E-state index contributed by atoms with van der Waals surface area (Å²) in [5.41, 5.74) is 6.70. The number of hydrogen-bond acceptors (Lipinski definition) is 1. The Balaban J connectivity index is 2.23. The number of nitrogens with two attached hydrogens (primary N) is 1. The first-order chi connectivity index (χ1) is 5.18. The van der Waals surface area contributed by atoms with Crippen LogP contribution in [0.1, 0.15) is 39.5 Å². The number of rotatable bonds is 1. The van der Waals surface area contributed by atoms with Crippen molar-refractivity contribution in [3.63, 3.8) is 0 Å². The summed E-state index contributed by atoms with van der Waals surface area (Å²) in [6.45, 7) is 4.68. The molecule has 2 saturated carbocycles. The first-order valence-corrected chi connectivity index (χ1v) is 4.94. The summed E-state index contributed by atoms with van der Waals surface area (Å²) in [5, 5.41) is 0. The van der Waals surface area contributed by atoms with E-state index < -0.39 is 0 Å². The van der Waals surface area contributed by atoms with Crippen molar-refractivity contribution in [1.29, 1.82) is 0 Å². The maximum Gasteiger partial charge on any atom is 0.0124 e. The quantitative estimate of drug-likeness (QED) is 0.614. The minimum absolute atomic E-state index is 0.489. The van der Waals surface area contributed by atoms with E-state index in [9.17, 15) is 0 Å². The molecule has 4 atom stereocenters. The van der Waals surface area contributed by atoms with E-state index in [-0.39, 0.29) is 0 Å². The molecule has 2 bridgehead atoms. The van der Waals surface area contributed by atoms with Crippen LogP contribution in [0.5, 0.6) is 0 Å². The molecule has 1 heteroatoms. The molecule has 1 nitrogen and oxygen atoms in total. The molecule has 2 aliphatic carbocycles. The lowest BCUT2D eigenvalue weighted by Gasteiger charge is -2.38.